The van der Waals surface area contributed by atoms with Crippen molar-refractivity contribution < 1.29 is 4.79 Å². The zero-order valence-electron chi connectivity index (χ0n) is 15.7. The number of carbonyl (C=O) groups excluding carboxylic acids is 1. The van der Waals surface area contributed by atoms with Gasteiger partial charge in [0.1, 0.15) is 0 Å². The molecular weight excluding hydrogens is 322 g/mol. The molecule has 2 aromatic rings. The number of pyridine rings is 1. The van der Waals surface area contributed by atoms with E-state index < -0.39 is 0 Å². The van der Waals surface area contributed by atoms with Crippen molar-refractivity contribution in [3.8, 4) is 0 Å². The van der Waals surface area contributed by atoms with Crippen LogP contribution in [0.5, 0.6) is 0 Å². The van der Waals surface area contributed by atoms with Gasteiger partial charge in [0.2, 0.25) is 5.91 Å². The number of anilines is 1. The number of aromatic nitrogens is 1. The van der Waals surface area contributed by atoms with Crippen LogP contribution < -0.4 is 5.32 Å². The van der Waals surface area contributed by atoms with Crippen molar-refractivity contribution in [1.29, 1.82) is 0 Å². The molecule has 0 saturated heterocycles. The third-order valence-corrected chi connectivity index (χ3v) is 4.92. The van der Waals surface area contributed by atoms with Crippen LogP contribution in [-0.4, -0.2) is 35.4 Å². The Bertz CT molecular complexity index is 761. The lowest BCUT2D eigenvalue weighted by Crippen LogP contribution is -2.36. The van der Waals surface area contributed by atoms with Gasteiger partial charge in [0, 0.05) is 25.0 Å². The van der Waals surface area contributed by atoms with E-state index >= 15 is 0 Å². The molecule has 1 amide bonds. The topological polar surface area (TPSA) is 45.2 Å². The number of hydrogen-bond acceptors (Lipinski definition) is 3. The normalized spacial score (nSPS) is 14.8. The standard InChI is InChI=1S/C22H27N3O/c1-3-17-8-7-9-18(4-2)22(17)24-21(26)16-25-14-11-19(12-15-25)20-10-5-6-13-23-20/h5-11,13H,3-4,12,14-16H2,1-2H3,(H,24,26). The van der Waals surface area contributed by atoms with Gasteiger partial charge in [-0.25, -0.2) is 0 Å². The number of rotatable bonds is 6. The Balaban J connectivity index is 1.61. The summed E-state index contributed by atoms with van der Waals surface area (Å²) < 4.78 is 0. The third-order valence-electron chi connectivity index (χ3n) is 4.92. The van der Waals surface area contributed by atoms with Gasteiger partial charge >= 0.3 is 0 Å². The van der Waals surface area contributed by atoms with Crippen LogP contribution >= 0.6 is 0 Å². The van der Waals surface area contributed by atoms with Crippen LogP contribution in [0.2, 0.25) is 0 Å². The van der Waals surface area contributed by atoms with Crippen LogP contribution in [0.4, 0.5) is 5.69 Å². The van der Waals surface area contributed by atoms with Gasteiger partial charge < -0.3 is 5.32 Å². The SMILES string of the molecule is CCc1cccc(CC)c1NC(=O)CN1CC=C(c2ccccn2)CC1. The van der Waals surface area contributed by atoms with E-state index in [0.717, 1.165) is 43.7 Å². The van der Waals surface area contributed by atoms with E-state index in [1.165, 1.54) is 16.7 Å². The molecule has 0 spiro atoms. The Morgan fingerprint density at radius 3 is 2.46 bits per heavy atom. The van der Waals surface area contributed by atoms with E-state index in [1.807, 2.05) is 24.4 Å². The van der Waals surface area contributed by atoms with Gasteiger partial charge in [0.25, 0.3) is 0 Å². The van der Waals surface area contributed by atoms with E-state index in [2.05, 4.69) is 53.3 Å². The van der Waals surface area contributed by atoms with E-state index in [9.17, 15) is 4.79 Å². The smallest absolute Gasteiger partial charge is 0.238 e. The lowest BCUT2D eigenvalue weighted by molar-refractivity contribution is -0.117. The average molecular weight is 349 g/mol. The molecule has 1 aromatic heterocycles. The van der Waals surface area contributed by atoms with E-state index in [1.54, 1.807) is 0 Å². The molecular formula is C22H27N3O. The molecule has 3 rings (SSSR count). The van der Waals surface area contributed by atoms with Crippen molar-refractivity contribution in [2.45, 2.75) is 33.1 Å². The zero-order chi connectivity index (χ0) is 18.4. The van der Waals surface area contributed by atoms with Crippen LogP contribution in [0.25, 0.3) is 5.57 Å². The van der Waals surface area contributed by atoms with Crippen LogP contribution in [0, 0.1) is 0 Å². The lowest BCUT2D eigenvalue weighted by atomic mass is 10.0. The number of nitrogens with zero attached hydrogens (tertiary/aromatic N) is 2. The van der Waals surface area contributed by atoms with Gasteiger partial charge in [0.15, 0.2) is 0 Å². The second-order valence-corrected chi connectivity index (χ2v) is 6.64. The van der Waals surface area contributed by atoms with Gasteiger partial charge in [-0.1, -0.05) is 44.2 Å². The maximum absolute atomic E-state index is 12.6. The fraction of sp³-hybridized carbons (Fsp3) is 0.364. The monoisotopic (exact) mass is 349 g/mol. The van der Waals surface area contributed by atoms with Crippen molar-refractivity contribution in [3.05, 3.63) is 65.5 Å². The molecule has 0 unspecified atom stereocenters. The molecule has 1 aliphatic heterocycles. The third kappa shape index (κ3) is 4.38. The Labute approximate surface area is 155 Å². The predicted molar refractivity (Wildman–Crippen MR) is 107 cm³/mol. The Morgan fingerprint density at radius 2 is 1.88 bits per heavy atom. The molecule has 136 valence electrons. The molecule has 4 nitrogen and oxygen atoms in total. The summed E-state index contributed by atoms with van der Waals surface area (Å²) in [5, 5.41) is 3.16. The second-order valence-electron chi connectivity index (χ2n) is 6.64. The summed E-state index contributed by atoms with van der Waals surface area (Å²) in [6.07, 6.45) is 6.78. The van der Waals surface area contributed by atoms with Crippen LogP contribution in [0.3, 0.4) is 0 Å². The zero-order valence-corrected chi connectivity index (χ0v) is 15.7. The minimum absolute atomic E-state index is 0.0651. The second kappa shape index (κ2) is 8.77. The minimum Gasteiger partial charge on any atom is -0.324 e. The first kappa shape index (κ1) is 18.3. The first-order valence-corrected chi connectivity index (χ1v) is 9.44. The summed E-state index contributed by atoms with van der Waals surface area (Å²) in [7, 11) is 0. The predicted octanol–water partition coefficient (Wildman–Crippen LogP) is 3.93. The molecule has 26 heavy (non-hydrogen) atoms. The van der Waals surface area contributed by atoms with Gasteiger partial charge in [-0.3, -0.25) is 14.7 Å². The van der Waals surface area contributed by atoms with Crippen molar-refractivity contribution in [3.63, 3.8) is 0 Å². The van der Waals surface area contributed by atoms with Gasteiger partial charge in [-0.2, -0.15) is 0 Å². The van der Waals surface area contributed by atoms with Crippen LogP contribution in [-0.2, 0) is 17.6 Å². The maximum Gasteiger partial charge on any atom is 0.238 e. The minimum atomic E-state index is 0.0651. The number of hydrogen-bond donors (Lipinski definition) is 1. The summed E-state index contributed by atoms with van der Waals surface area (Å²) in [6, 6.07) is 12.3. The highest BCUT2D eigenvalue weighted by Crippen LogP contribution is 2.23. The van der Waals surface area contributed by atoms with Crippen molar-refractivity contribution in [1.82, 2.24) is 9.88 Å². The molecule has 0 bridgehead atoms. The molecule has 0 aliphatic carbocycles. The number of para-hydroxylation sites is 1. The van der Waals surface area contributed by atoms with Crippen LogP contribution in [0.1, 0.15) is 37.1 Å². The Kier molecular flexibility index (Phi) is 6.18. The molecule has 0 saturated carbocycles. The van der Waals surface area contributed by atoms with E-state index in [0.29, 0.717) is 6.54 Å². The highest BCUT2D eigenvalue weighted by Gasteiger charge is 2.17. The van der Waals surface area contributed by atoms with Crippen molar-refractivity contribution >= 4 is 17.2 Å². The summed E-state index contributed by atoms with van der Waals surface area (Å²) in [5.74, 6) is 0.0651. The highest BCUT2D eigenvalue weighted by atomic mass is 16.2. The number of amides is 1. The summed E-state index contributed by atoms with van der Waals surface area (Å²) >= 11 is 0. The molecule has 1 aromatic carbocycles. The number of carbonyl (C=O) groups is 1. The Hall–Kier alpha value is -2.46. The molecule has 0 radical (unpaired) electrons. The lowest BCUT2D eigenvalue weighted by Gasteiger charge is -2.26. The quantitative estimate of drug-likeness (QED) is 0.859. The number of aryl methyl sites for hydroxylation is 2. The molecule has 1 N–H and O–H groups in total. The van der Waals surface area contributed by atoms with Crippen molar-refractivity contribution in [2.24, 2.45) is 0 Å². The van der Waals surface area contributed by atoms with Crippen molar-refractivity contribution in [2.75, 3.05) is 25.0 Å². The Morgan fingerprint density at radius 1 is 1.12 bits per heavy atom. The number of benzene rings is 1. The summed E-state index contributed by atoms with van der Waals surface area (Å²) in [4.78, 5) is 19.2. The van der Waals surface area contributed by atoms with E-state index in [-0.39, 0.29) is 5.91 Å². The van der Waals surface area contributed by atoms with Gasteiger partial charge in [0.05, 0.1) is 12.2 Å². The highest BCUT2D eigenvalue weighted by molar-refractivity contribution is 5.94. The van der Waals surface area contributed by atoms with E-state index in [4.69, 9.17) is 0 Å². The maximum atomic E-state index is 12.6. The molecule has 2 heterocycles. The molecule has 4 heteroatoms. The van der Waals surface area contributed by atoms with Crippen LogP contribution in [0.15, 0.2) is 48.7 Å². The fourth-order valence-corrected chi connectivity index (χ4v) is 3.43. The molecule has 0 atom stereocenters. The van der Waals surface area contributed by atoms with Gasteiger partial charge in [-0.15, -0.1) is 0 Å². The molecule has 1 aliphatic rings. The largest absolute Gasteiger partial charge is 0.324 e. The number of nitrogens with one attached hydrogen (secondary N) is 1. The fourth-order valence-electron chi connectivity index (χ4n) is 3.43. The summed E-state index contributed by atoms with van der Waals surface area (Å²) in [5.41, 5.74) is 5.72. The first-order chi connectivity index (χ1) is 12.7. The first-order valence-electron chi connectivity index (χ1n) is 9.44. The summed E-state index contributed by atoms with van der Waals surface area (Å²) in [6.45, 7) is 6.34. The average Bonchev–Trinajstić information content (AvgIpc) is 2.69. The van der Waals surface area contributed by atoms with Gasteiger partial charge in [-0.05, 0) is 48.1 Å². The molecule has 0 fully saturated rings.